The third-order valence-corrected chi connectivity index (χ3v) is 3.48. The molecule has 0 bridgehead atoms. The lowest BCUT2D eigenvalue weighted by atomic mass is 9.94. The van der Waals surface area contributed by atoms with Gasteiger partial charge in [0.15, 0.2) is 5.82 Å². The Labute approximate surface area is 124 Å². The Morgan fingerprint density at radius 1 is 1.38 bits per heavy atom. The third-order valence-electron chi connectivity index (χ3n) is 3.48. The summed E-state index contributed by atoms with van der Waals surface area (Å²) in [6.07, 6.45) is 7.19. The van der Waals surface area contributed by atoms with Crippen LogP contribution >= 0.6 is 0 Å². The fraction of sp³-hybridized carbons (Fsp3) is 0.533. The highest BCUT2D eigenvalue weighted by Crippen LogP contribution is 2.22. The van der Waals surface area contributed by atoms with Crippen molar-refractivity contribution in [3.63, 3.8) is 0 Å². The number of allylic oxidation sites excluding steroid dienone is 1. The minimum absolute atomic E-state index is 0.00544. The van der Waals surface area contributed by atoms with Crippen LogP contribution in [0.25, 0.3) is 0 Å². The maximum atomic E-state index is 12.0. The van der Waals surface area contributed by atoms with E-state index >= 15 is 0 Å². The summed E-state index contributed by atoms with van der Waals surface area (Å²) in [5.74, 6) is 0.570. The minimum Gasteiger partial charge on any atom is -0.360 e. The van der Waals surface area contributed by atoms with Gasteiger partial charge >= 0.3 is 0 Å². The lowest BCUT2D eigenvalue weighted by Gasteiger charge is -2.17. The number of hydrogen-bond acceptors (Lipinski definition) is 4. The molecule has 0 aromatic carbocycles. The quantitative estimate of drug-likeness (QED) is 0.863. The number of hydrogen-bond donors (Lipinski definition) is 1. The second-order valence-electron chi connectivity index (χ2n) is 5.43. The summed E-state index contributed by atoms with van der Waals surface area (Å²) in [6, 6.07) is 1.63. The average Bonchev–Trinajstić information content (AvgIpc) is 2.84. The molecule has 1 aliphatic rings. The normalized spacial score (nSPS) is 14.7. The highest BCUT2D eigenvalue weighted by Gasteiger charge is 2.14. The van der Waals surface area contributed by atoms with Crippen LogP contribution in [-0.4, -0.2) is 35.5 Å². The monoisotopic (exact) mass is 291 g/mol. The largest absolute Gasteiger partial charge is 0.360 e. The number of rotatable bonds is 4. The van der Waals surface area contributed by atoms with Gasteiger partial charge in [0.25, 0.3) is 0 Å². The number of amides is 2. The first-order valence-corrected chi connectivity index (χ1v) is 7.22. The Hall–Kier alpha value is -2.11. The Morgan fingerprint density at radius 2 is 2.10 bits per heavy atom. The summed E-state index contributed by atoms with van der Waals surface area (Å²) in [5, 5.41) is 6.27. The fourth-order valence-corrected chi connectivity index (χ4v) is 2.34. The summed E-state index contributed by atoms with van der Waals surface area (Å²) in [4.78, 5) is 25.3. The predicted octanol–water partition coefficient (Wildman–Crippen LogP) is 2.27. The standard InChI is InChI=1S/C15H21N3O3/c1-11-8-13(17-21-11)16-14(19)10-18(2)15(20)9-12-6-4-3-5-7-12/h8-9H,3-7,10H2,1-2H3,(H,16,17,19). The summed E-state index contributed by atoms with van der Waals surface area (Å²) in [6.45, 7) is 1.74. The van der Waals surface area contributed by atoms with Crippen LogP contribution in [0.2, 0.25) is 0 Å². The topological polar surface area (TPSA) is 75.4 Å². The Balaban J connectivity index is 1.83. The SMILES string of the molecule is Cc1cc(NC(=O)CN(C)C(=O)C=C2CCCCC2)no1. The second-order valence-corrected chi connectivity index (χ2v) is 5.43. The van der Waals surface area contributed by atoms with E-state index in [1.807, 2.05) is 0 Å². The van der Waals surface area contributed by atoms with E-state index in [0.717, 1.165) is 25.7 Å². The van der Waals surface area contributed by atoms with Crippen LogP contribution in [0.5, 0.6) is 0 Å². The Morgan fingerprint density at radius 3 is 2.71 bits per heavy atom. The molecule has 114 valence electrons. The van der Waals surface area contributed by atoms with E-state index < -0.39 is 0 Å². The second kappa shape index (κ2) is 7.06. The molecule has 0 spiro atoms. The minimum atomic E-state index is -0.291. The van der Waals surface area contributed by atoms with Crippen LogP contribution in [0.3, 0.4) is 0 Å². The van der Waals surface area contributed by atoms with E-state index in [1.165, 1.54) is 16.9 Å². The molecule has 1 fully saturated rings. The molecule has 0 radical (unpaired) electrons. The highest BCUT2D eigenvalue weighted by molar-refractivity contribution is 5.96. The molecule has 1 N–H and O–H groups in total. The van der Waals surface area contributed by atoms with Crippen molar-refractivity contribution in [1.29, 1.82) is 0 Å². The molecule has 0 atom stereocenters. The van der Waals surface area contributed by atoms with Gasteiger partial charge in [-0.15, -0.1) is 0 Å². The number of nitrogens with one attached hydrogen (secondary N) is 1. The molecular formula is C15H21N3O3. The van der Waals surface area contributed by atoms with Crippen LogP contribution in [0.1, 0.15) is 37.9 Å². The van der Waals surface area contributed by atoms with Gasteiger partial charge in [0, 0.05) is 19.2 Å². The summed E-state index contributed by atoms with van der Waals surface area (Å²) in [5.41, 5.74) is 1.19. The number of carbonyl (C=O) groups excluding carboxylic acids is 2. The average molecular weight is 291 g/mol. The van der Waals surface area contributed by atoms with Gasteiger partial charge in [-0.25, -0.2) is 0 Å². The van der Waals surface area contributed by atoms with Crippen molar-refractivity contribution in [2.24, 2.45) is 0 Å². The lowest BCUT2D eigenvalue weighted by molar-refractivity contribution is -0.129. The van der Waals surface area contributed by atoms with Crippen molar-refractivity contribution in [2.45, 2.75) is 39.0 Å². The molecule has 6 nitrogen and oxygen atoms in total. The number of nitrogens with zero attached hydrogens (tertiary/aromatic N) is 2. The van der Waals surface area contributed by atoms with Crippen LogP contribution < -0.4 is 5.32 Å². The van der Waals surface area contributed by atoms with Gasteiger partial charge in [0.1, 0.15) is 5.76 Å². The molecule has 21 heavy (non-hydrogen) atoms. The molecule has 2 rings (SSSR count). The van der Waals surface area contributed by atoms with E-state index in [9.17, 15) is 9.59 Å². The molecule has 6 heteroatoms. The summed E-state index contributed by atoms with van der Waals surface area (Å²) in [7, 11) is 1.62. The first-order chi connectivity index (χ1) is 10.0. The Bertz CT molecular complexity index is 540. The highest BCUT2D eigenvalue weighted by atomic mass is 16.5. The first-order valence-electron chi connectivity index (χ1n) is 7.22. The van der Waals surface area contributed by atoms with Crippen molar-refractivity contribution >= 4 is 17.6 Å². The van der Waals surface area contributed by atoms with Gasteiger partial charge in [0.2, 0.25) is 11.8 Å². The Kier molecular flexibility index (Phi) is 5.14. The van der Waals surface area contributed by atoms with Crippen LogP contribution in [-0.2, 0) is 9.59 Å². The summed E-state index contributed by atoms with van der Waals surface area (Å²) >= 11 is 0. The maximum absolute atomic E-state index is 12.0. The number of carbonyl (C=O) groups is 2. The van der Waals surface area contributed by atoms with Gasteiger partial charge in [-0.2, -0.15) is 0 Å². The molecule has 1 aliphatic carbocycles. The van der Waals surface area contributed by atoms with Gasteiger partial charge in [-0.1, -0.05) is 17.2 Å². The lowest BCUT2D eigenvalue weighted by Crippen LogP contribution is -2.34. The van der Waals surface area contributed by atoms with Crippen LogP contribution in [0, 0.1) is 6.92 Å². The zero-order valence-corrected chi connectivity index (χ0v) is 12.5. The molecule has 0 saturated heterocycles. The van der Waals surface area contributed by atoms with E-state index in [0.29, 0.717) is 11.6 Å². The third kappa shape index (κ3) is 4.73. The van der Waals surface area contributed by atoms with E-state index in [4.69, 9.17) is 4.52 Å². The molecule has 0 aliphatic heterocycles. The van der Waals surface area contributed by atoms with Crippen LogP contribution in [0.4, 0.5) is 5.82 Å². The summed E-state index contributed by atoms with van der Waals surface area (Å²) < 4.78 is 4.86. The van der Waals surface area contributed by atoms with Crippen LogP contribution in [0.15, 0.2) is 22.2 Å². The van der Waals surface area contributed by atoms with E-state index in [2.05, 4.69) is 10.5 Å². The predicted molar refractivity (Wildman–Crippen MR) is 78.7 cm³/mol. The molecule has 2 amide bonds. The molecule has 1 aromatic heterocycles. The number of aryl methyl sites for hydroxylation is 1. The van der Waals surface area contributed by atoms with E-state index in [-0.39, 0.29) is 18.4 Å². The molecule has 1 heterocycles. The van der Waals surface area contributed by atoms with Crippen molar-refractivity contribution < 1.29 is 14.1 Å². The zero-order chi connectivity index (χ0) is 15.2. The number of anilines is 1. The number of aromatic nitrogens is 1. The van der Waals surface area contributed by atoms with Crippen molar-refractivity contribution in [3.05, 3.63) is 23.5 Å². The van der Waals surface area contributed by atoms with Gasteiger partial charge in [0.05, 0.1) is 6.54 Å². The number of likely N-dealkylation sites (N-methyl/N-ethyl adjacent to an activating group) is 1. The molecule has 0 unspecified atom stereocenters. The van der Waals surface area contributed by atoms with Crippen molar-refractivity contribution in [1.82, 2.24) is 10.1 Å². The molecule has 1 aromatic rings. The maximum Gasteiger partial charge on any atom is 0.246 e. The molecular weight excluding hydrogens is 270 g/mol. The first kappa shape index (κ1) is 15.3. The smallest absolute Gasteiger partial charge is 0.246 e. The van der Waals surface area contributed by atoms with Crippen molar-refractivity contribution in [2.75, 3.05) is 18.9 Å². The van der Waals surface area contributed by atoms with Gasteiger partial charge < -0.3 is 14.7 Å². The molecule has 1 saturated carbocycles. The zero-order valence-electron chi connectivity index (χ0n) is 12.5. The fourth-order valence-electron chi connectivity index (χ4n) is 2.34. The van der Waals surface area contributed by atoms with Crippen molar-refractivity contribution in [3.8, 4) is 0 Å². The van der Waals surface area contributed by atoms with Gasteiger partial charge in [-0.3, -0.25) is 9.59 Å². The van der Waals surface area contributed by atoms with E-state index in [1.54, 1.807) is 26.1 Å². The van der Waals surface area contributed by atoms with Gasteiger partial charge in [-0.05, 0) is 32.6 Å².